The number of halogens is 1. The molecule has 1 aromatic rings. The first kappa shape index (κ1) is 48.2. The van der Waals surface area contributed by atoms with E-state index in [1.165, 1.54) is 0 Å². The largest absolute Gasteiger partial charge is 0.479 e. The molecule has 6 heterocycles. The van der Waals surface area contributed by atoms with Crippen LogP contribution in [-0.2, 0) is 61.7 Å². The predicted octanol–water partition coefficient (Wildman–Crippen LogP) is 10.3. The van der Waals surface area contributed by atoms with Gasteiger partial charge in [0.05, 0.1) is 0 Å². The molecule has 6 aliphatic rings. The number of rotatable bonds is 18. The van der Waals surface area contributed by atoms with Crippen LogP contribution < -0.4 is 0 Å². The highest BCUT2D eigenvalue weighted by Gasteiger charge is 2.83. The summed E-state index contributed by atoms with van der Waals surface area (Å²) in [5, 5.41) is 0. The van der Waals surface area contributed by atoms with Gasteiger partial charge in [-0.2, -0.15) is 0 Å². The normalized spacial score (nSPS) is 38.7. The molecule has 21 heteroatoms. The fourth-order valence-electron chi connectivity index (χ4n) is 8.96. The summed E-state index contributed by atoms with van der Waals surface area (Å²) in [6, 6.07) is 12.2. The zero-order valence-electron chi connectivity index (χ0n) is 37.7. The quantitative estimate of drug-likeness (QED) is 0.103. The lowest BCUT2D eigenvalue weighted by atomic mass is 10.1. The van der Waals surface area contributed by atoms with Crippen molar-refractivity contribution in [3.63, 3.8) is 0 Å². The maximum Gasteiger partial charge on any atom is 0.479 e. The summed E-state index contributed by atoms with van der Waals surface area (Å²) in [5.74, 6) is 1.27. The summed E-state index contributed by atoms with van der Waals surface area (Å²) >= 11 is 6.21. The van der Waals surface area contributed by atoms with Crippen LogP contribution in [0.4, 0.5) is 0 Å². The standard InChI is InChI=1S/C37H73ClO12Si8/c1-29(2)22-52-39-51(20-19-36-15-17-37(21-38)18-16-36)40-53(23-30(3)4)44-55(42-52,25-32(7)8)48-58(28-35(13)14)49-56(43-52,26-33(9)10)45-54(41-51,24-31(5)6)47-57(46-53,50-58)27-34(11)12/h15-18,29-35H,19-28H2,1-14H3. The molecule has 8 bridgehead atoms. The Morgan fingerprint density at radius 1 is 0.328 bits per heavy atom. The summed E-state index contributed by atoms with van der Waals surface area (Å²) in [6.45, 7) is 30.4. The Kier molecular flexibility index (Phi) is 14.9. The average Bonchev–Trinajstić information content (AvgIpc) is 2.97. The van der Waals surface area contributed by atoms with E-state index in [2.05, 4.69) is 121 Å². The first-order valence-corrected chi connectivity index (χ1v) is 38.0. The first-order chi connectivity index (χ1) is 26.9. The van der Waals surface area contributed by atoms with Crippen molar-refractivity contribution in [1.82, 2.24) is 0 Å². The smallest absolute Gasteiger partial charge is 0.373 e. The highest BCUT2D eigenvalue weighted by atomic mass is 35.5. The molecule has 6 saturated heterocycles. The molecule has 58 heavy (non-hydrogen) atoms. The highest BCUT2D eigenvalue weighted by molar-refractivity contribution is 7.03. The Labute approximate surface area is 363 Å². The zero-order valence-corrected chi connectivity index (χ0v) is 46.5. The number of hydrogen-bond acceptors (Lipinski definition) is 12. The number of alkyl halides is 1. The van der Waals surface area contributed by atoms with Gasteiger partial charge in [-0.1, -0.05) is 121 Å². The average molecular weight is 970 g/mol. The van der Waals surface area contributed by atoms with Crippen molar-refractivity contribution < 1.29 is 49.4 Å². The topological polar surface area (TPSA) is 111 Å². The van der Waals surface area contributed by atoms with Gasteiger partial charge in [0, 0.05) is 54.2 Å². The Hall–Kier alpha value is 0.765. The molecule has 0 amide bonds. The lowest BCUT2D eigenvalue weighted by Crippen LogP contribution is -2.88. The van der Waals surface area contributed by atoms with Gasteiger partial charge in [-0.15, -0.1) is 11.6 Å². The van der Waals surface area contributed by atoms with E-state index in [1.807, 2.05) is 0 Å². The van der Waals surface area contributed by atoms with Crippen LogP contribution >= 0.6 is 11.6 Å². The van der Waals surface area contributed by atoms with Crippen molar-refractivity contribution in [2.45, 2.75) is 158 Å². The third-order valence-electron chi connectivity index (χ3n) is 10.2. The molecule has 332 valence electrons. The molecule has 0 saturated carbocycles. The van der Waals surface area contributed by atoms with Crippen molar-refractivity contribution in [3.8, 4) is 0 Å². The predicted molar refractivity (Wildman–Crippen MR) is 241 cm³/mol. The molecule has 0 atom stereocenters. The number of hydrogen-bond donors (Lipinski definition) is 0. The van der Waals surface area contributed by atoms with E-state index in [-0.39, 0.29) is 41.4 Å². The van der Waals surface area contributed by atoms with E-state index in [0.29, 0.717) is 60.7 Å². The van der Waals surface area contributed by atoms with Gasteiger partial charge in [0.25, 0.3) is 0 Å². The molecule has 6 aliphatic heterocycles. The van der Waals surface area contributed by atoms with Crippen molar-refractivity contribution in [2.75, 3.05) is 0 Å². The third-order valence-corrected chi connectivity index (χ3v) is 50.5. The summed E-state index contributed by atoms with van der Waals surface area (Å²) in [7, 11) is -31.6. The second-order valence-corrected chi connectivity index (χ2v) is 44.7. The molecule has 0 aromatic heterocycles. The van der Waals surface area contributed by atoms with Crippen LogP contribution in [0.15, 0.2) is 24.3 Å². The van der Waals surface area contributed by atoms with E-state index < -0.39 is 70.4 Å². The molecule has 1 aromatic carbocycles. The second kappa shape index (κ2) is 18.0. The molecule has 0 radical (unpaired) electrons. The van der Waals surface area contributed by atoms with E-state index in [1.54, 1.807) is 0 Å². The lowest BCUT2D eigenvalue weighted by Gasteiger charge is -2.64. The zero-order chi connectivity index (χ0) is 42.6. The summed E-state index contributed by atoms with van der Waals surface area (Å²) in [5.41, 5.74) is 2.17. The van der Waals surface area contributed by atoms with Gasteiger partial charge >= 0.3 is 70.4 Å². The van der Waals surface area contributed by atoms with Crippen LogP contribution in [0.25, 0.3) is 0 Å². The van der Waals surface area contributed by atoms with Crippen molar-refractivity contribution in [2.24, 2.45) is 41.4 Å². The minimum Gasteiger partial charge on any atom is -0.373 e. The first-order valence-electron chi connectivity index (χ1n) is 22.0. The van der Waals surface area contributed by atoms with Crippen LogP contribution in [0.2, 0.25) is 48.4 Å². The summed E-state index contributed by atoms with van der Waals surface area (Å²) in [6.07, 6.45) is 0.602. The van der Waals surface area contributed by atoms with Crippen molar-refractivity contribution >= 4 is 82.0 Å². The lowest BCUT2D eigenvalue weighted by molar-refractivity contribution is -0.0340. The molecule has 0 unspecified atom stereocenters. The van der Waals surface area contributed by atoms with Crippen LogP contribution in [0.5, 0.6) is 0 Å². The van der Waals surface area contributed by atoms with Gasteiger partial charge in [0.15, 0.2) is 0 Å². The number of aryl methyl sites for hydroxylation is 1. The van der Waals surface area contributed by atoms with Crippen LogP contribution in [-0.4, -0.2) is 70.4 Å². The monoisotopic (exact) mass is 968 g/mol. The Morgan fingerprint density at radius 3 is 0.707 bits per heavy atom. The fraction of sp³-hybridized carbons (Fsp3) is 0.838. The molecule has 6 fully saturated rings. The maximum absolute atomic E-state index is 7.88. The Bertz CT molecular complexity index is 1410. The molecule has 0 spiro atoms. The molecule has 0 aliphatic carbocycles. The van der Waals surface area contributed by atoms with Gasteiger partial charge < -0.3 is 49.4 Å². The van der Waals surface area contributed by atoms with Crippen molar-refractivity contribution in [3.05, 3.63) is 35.4 Å². The third kappa shape index (κ3) is 11.2. The van der Waals surface area contributed by atoms with E-state index in [0.717, 1.165) is 11.1 Å². The number of benzene rings is 1. The van der Waals surface area contributed by atoms with Crippen LogP contribution in [0, 0.1) is 41.4 Å². The molecular weight excluding hydrogens is 897 g/mol. The van der Waals surface area contributed by atoms with E-state index in [9.17, 15) is 0 Å². The molecular formula is C37H73ClO12Si8. The highest BCUT2D eigenvalue weighted by Crippen LogP contribution is 2.56. The van der Waals surface area contributed by atoms with Crippen LogP contribution in [0.3, 0.4) is 0 Å². The van der Waals surface area contributed by atoms with E-state index >= 15 is 0 Å². The molecule has 12 nitrogen and oxygen atoms in total. The second-order valence-electron chi connectivity index (χ2n) is 20.3. The Balaban J connectivity index is 1.72. The maximum atomic E-state index is 7.88. The van der Waals surface area contributed by atoms with E-state index in [4.69, 9.17) is 61.0 Å². The van der Waals surface area contributed by atoms with Gasteiger partial charge in [0.2, 0.25) is 0 Å². The van der Waals surface area contributed by atoms with Gasteiger partial charge in [-0.3, -0.25) is 0 Å². The minimum atomic E-state index is -4.02. The molecule has 7 rings (SSSR count). The van der Waals surface area contributed by atoms with Gasteiger partial charge in [0.1, 0.15) is 0 Å². The van der Waals surface area contributed by atoms with Gasteiger partial charge in [-0.25, -0.2) is 0 Å². The van der Waals surface area contributed by atoms with Crippen LogP contribution in [0.1, 0.15) is 108 Å². The fourth-order valence-corrected chi connectivity index (χ4v) is 60.7. The summed E-state index contributed by atoms with van der Waals surface area (Å²) < 4.78 is 94.0. The van der Waals surface area contributed by atoms with Crippen molar-refractivity contribution in [1.29, 1.82) is 0 Å². The van der Waals surface area contributed by atoms with Gasteiger partial charge in [-0.05, 0) is 59.0 Å². The Morgan fingerprint density at radius 2 is 0.517 bits per heavy atom. The minimum absolute atomic E-state index is 0.111. The summed E-state index contributed by atoms with van der Waals surface area (Å²) in [4.78, 5) is 0. The molecule has 0 N–H and O–H groups in total. The SMILES string of the molecule is CC(C)C[Si]12O[Si]3(CCc4ccc(CCl)cc4)O[Si]4(CC(C)C)O[Si](CC(C)C)(O1)O[Si]1(CC(C)C)O[Si](CC(C)C)(O2)O[Si](CC(C)C)(O3)O[Si](CC(C)C)(O4)O1.